The number of anilines is 1. The summed E-state index contributed by atoms with van der Waals surface area (Å²) in [6, 6.07) is 5.11. The van der Waals surface area contributed by atoms with Crippen molar-refractivity contribution in [2.75, 3.05) is 12.4 Å². The average Bonchev–Trinajstić information content (AvgIpc) is 2.49. The molecule has 1 N–H and O–H groups in total. The van der Waals surface area contributed by atoms with Crippen LogP contribution in [-0.2, 0) is 0 Å². The van der Waals surface area contributed by atoms with E-state index in [0.29, 0.717) is 6.07 Å². The molecule has 2 aromatic rings. The number of halogens is 4. The molecule has 1 amide bonds. The zero-order valence-corrected chi connectivity index (χ0v) is 11.6. The zero-order valence-electron chi connectivity index (χ0n) is 11.6. The maximum atomic E-state index is 13.6. The van der Waals surface area contributed by atoms with Crippen LogP contribution in [-0.4, -0.2) is 13.0 Å². The first kappa shape index (κ1) is 15.8. The standard InChI is InChI=1S/C15H11F4NO2/c1-7-3-4-11(22-2)10(5-7)20-15(21)8-6-9(16)13(18)14(19)12(8)17/h3-6H,1-2H3,(H,20,21). The minimum atomic E-state index is -2.04. The zero-order chi connectivity index (χ0) is 16.4. The van der Waals surface area contributed by atoms with Crippen molar-refractivity contribution in [3.63, 3.8) is 0 Å². The number of hydrogen-bond acceptors (Lipinski definition) is 2. The average molecular weight is 313 g/mol. The van der Waals surface area contributed by atoms with E-state index in [4.69, 9.17) is 4.74 Å². The Kier molecular flexibility index (Phi) is 4.35. The number of carbonyl (C=O) groups excluding carboxylic acids is 1. The molecule has 0 aliphatic rings. The predicted octanol–water partition coefficient (Wildman–Crippen LogP) is 3.81. The molecule has 2 aromatic carbocycles. The van der Waals surface area contributed by atoms with Gasteiger partial charge in [-0.2, -0.15) is 0 Å². The van der Waals surface area contributed by atoms with Crippen LogP contribution in [0.3, 0.4) is 0 Å². The number of rotatable bonds is 3. The largest absolute Gasteiger partial charge is 0.495 e. The molecule has 7 heteroatoms. The Morgan fingerprint density at radius 3 is 2.36 bits per heavy atom. The topological polar surface area (TPSA) is 38.3 Å². The van der Waals surface area contributed by atoms with Crippen LogP contribution in [0.25, 0.3) is 0 Å². The fourth-order valence-corrected chi connectivity index (χ4v) is 1.85. The molecule has 0 radical (unpaired) electrons. The molecular formula is C15H11F4NO2. The molecule has 0 saturated heterocycles. The van der Waals surface area contributed by atoms with Gasteiger partial charge in [0, 0.05) is 0 Å². The third kappa shape index (κ3) is 2.88. The Bertz CT molecular complexity index is 747. The molecule has 3 nitrogen and oxygen atoms in total. The van der Waals surface area contributed by atoms with Gasteiger partial charge in [0.2, 0.25) is 0 Å². The highest BCUT2D eigenvalue weighted by molar-refractivity contribution is 6.05. The minimum absolute atomic E-state index is 0.192. The summed E-state index contributed by atoms with van der Waals surface area (Å²) in [6.07, 6.45) is 0. The highest BCUT2D eigenvalue weighted by atomic mass is 19.2. The molecule has 0 aliphatic carbocycles. The molecule has 22 heavy (non-hydrogen) atoms. The van der Waals surface area contributed by atoms with Crippen molar-refractivity contribution in [1.82, 2.24) is 0 Å². The van der Waals surface area contributed by atoms with Gasteiger partial charge in [0.25, 0.3) is 5.91 Å². The van der Waals surface area contributed by atoms with Crippen molar-refractivity contribution < 1.29 is 27.1 Å². The van der Waals surface area contributed by atoms with Crippen LogP contribution in [0.1, 0.15) is 15.9 Å². The van der Waals surface area contributed by atoms with Gasteiger partial charge in [0.1, 0.15) is 5.75 Å². The summed E-state index contributed by atoms with van der Waals surface area (Å²) in [7, 11) is 1.36. The molecule has 116 valence electrons. The summed E-state index contributed by atoms with van der Waals surface area (Å²) < 4.78 is 57.8. The quantitative estimate of drug-likeness (QED) is 0.531. The van der Waals surface area contributed by atoms with Crippen molar-refractivity contribution in [3.8, 4) is 5.75 Å². The number of amides is 1. The van der Waals surface area contributed by atoms with E-state index in [-0.39, 0.29) is 11.4 Å². The van der Waals surface area contributed by atoms with Crippen molar-refractivity contribution >= 4 is 11.6 Å². The van der Waals surface area contributed by atoms with Gasteiger partial charge in [-0.15, -0.1) is 0 Å². The van der Waals surface area contributed by atoms with Crippen molar-refractivity contribution in [2.45, 2.75) is 6.92 Å². The van der Waals surface area contributed by atoms with E-state index in [2.05, 4.69) is 5.32 Å². The molecular weight excluding hydrogens is 302 g/mol. The summed E-state index contributed by atoms with van der Waals surface area (Å²) in [5.41, 5.74) is 0.0186. The lowest BCUT2D eigenvalue weighted by molar-refractivity contribution is 0.102. The number of methoxy groups -OCH3 is 1. The van der Waals surface area contributed by atoms with Gasteiger partial charge >= 0.3 is 0 Å². The number of carbonyl (C=O) groups is 1. The highest BCUT2D eigenvalue weighted by Crippen LogP contribution is 2.27. The first-order valence-electron chi connectivity index (χ1n) is 6.14. The SMILES string of the molecule is COc1ccc(C)cc1NC(=O)c1cc(F)c(F)c(F)c1F. The molecule has 0 spiro atoms. The molecule has 0 saturated carbocycles. The second kappa shape index (κ2) is 6.05. The summed E-state index contributed by atoms with van der Waals surface area (Å²) in [6.45, 7) is 1.74. The normalized spacial score (nSPS) is 10.5. The molecule has 0 fully saturated rings. The van der Waals surface area contributed by atoms with E-state index in [0.717, 1.165) is 5.56 Å². The first-order chi connectivity index (χ1) is 10.3. The lowest BCUT2D eigenvalue weighted by atomic mass is 10.1. The molecule has 0 heterocycles. The lowest BCUT2D eigenvalue weighted by Gasteiger charge is -2.12. The van der Waals surface area contributed by atoms with Crippen LogP contribution in [0.15, 0.2) is 24.3 Å². The number of aryl methyl sites for hydroxylation is 1. The van der Waals surface area contributed by atoms with Crippen LogP contribution < -0.4 is 10.1 Å². The molecule has 0 aliphatic heterocycles. The second-order valence-corrected chi connectivity index (χ2v) is 4.51. The Hall–Kier alpha value is -2.57. The maximum absolute atomic E-state index is 13.6. The van der Waals surface area contributed by atoms with Crippen molar-refractivity contribution in [1.29, 1.82) is 0 Å². The lowest BCUT2D eigenvalue weighted by Crippen LogP contribution is -2.16. The van der Waals surface area contributed by atoms with Gasteiger partial charge < -0.3 is 10.1 Å². The number of ether oxygens (including phenoxy) is 1. The fraction of sp³-hybridized carbons (Fsp3) is 0.133. The highest BCUT2D eigenvalue weighted by Gasteiger charge is 2.23. The number of hydrogen-bond donors (Lipinski definition) is 1. The first-order valence-corrected chi connectivity index (χ1v) is 6.14. The van der Waals surface area contributed by atoms with Crippen LogP contribution >= 0.6 is 0 Å². The second-order valence-electron chi connectivity index (χ2n) is 4.51. The van der Waals surface area contributed by atoms with Gasteiger partial charge in [-0.1, -0.05) is 6.07 Å². The molecule has 0 aromatic heterocycles. The minimum Gasteiger partial charge on any atom is -0.495 e. The van der Waals surface area contributed by atoms with E-state index < -0.39 is 34.7 Å². The van der Waals surface area contributed by atoms with Crippen LogP contribution in [0, 0.1) is 30.2 Å². The molecule has 0 unspecified atom stereocenters. The molecule has 0 bridgehead atoms. The molecule has 2 rings (SSSR count). The van der Waals surface area contributed by atoms with Gasteiger partial charge in [-0.05, 0) is 30.7 Å². The van der Waals surface area contributed by atoms with Crippen LogP contribution in [0.5, 0.6) is 5.75 Å². The van der Waals surface area contributed by atoms with E-state index >= 15 is 0 Å². The Morgan fingerprint density at radius 1 is 1.05 bits per heavy atom. The van der Waals surface area contributed by atoms with E-state index in [1.807, 2.05) is 0 Å². The summed E-state index contributed by atoms with van der Waals surface area (Å²) in [4.78, 5) is 12.0. The van der Waals surface area contributed by atoms with Gasteiger partial charge in [0.05, 0.1) is 18.4 Å². The van der Waals surface area contributed by atoms with Crippen LogP contribution in [0.4, 0.5) is 23.2 Å². The van der Waals surface area contributed by atoms with E-state index in [1.165, 1.54) is 13.2 Å². The van der Waals surface area contributed by atoms with Crippen molar-refractivity contribution in [2.24, 2.45) is 0 Å². The predicted molar refractivity (Wildman–Crippen MR) is 72.0 cm³/mol. The van der Waals surface area contributed by atoms with E-state index in [9.17, 15) is 22.4 Å². The summed E-state index contributed by atoms with van der Waals surface area (Å²) in [5.74, 6) is -8.27. The van der Waals surface area contributed by atoms with Gasteiger partial charge in [0.15, 0.2) is 23.3 Å². The third-order valence-corrected chi connectivity index (χ3v) is 2.95. The number of benzene rings is 2. The summed E-state index contributed by atoms with van der Waals surface area (Å²) in [5, 5.41) is 2.27. The van der Waals surface area contributed by atoms with Crippen molar-refractivity contribution in [3.05, 3.63) is 58.7 Å². The molecule has 0 atom stereocenters. The summed E-state index contributed by atoms with van der Waals surface area (Å²) >= 11 is 0. The fourth-order valence-electron chi connectivity index (χ4n) is 1.85. The third-order valence-electron chi connectivity index (χ3n) is 2.95. The van der Waals surface area contributed by atoms with E-state index in [1.54, 1.807) is 19.1 Å². The van der Waals surface area contributed by atoms with Gasteiger partial charge in [-0.3, -0.25) is 4.79 Å². The monoisotopic (exact) mass is 313 g/mol. The van der Waals surface area contributed by atoms with Gasteiger partial charge in [-0.25, -0.2) is 17.6 Å². The Morgan fingerprint density at radius 2 is 1.73 bits per heavy atom. The number of nitrogens with one attached hydrogen (secondary N) is 1. The Labute approximate surface area is 123 Å². The van der Waals surface area contributed by atoms with Crippen LogP contribution in [0.2, 0.25) is 0 Å². The maximum Gasteiger partial charge on any atom is 0.258 e. The Balaban J connectivity index is 2.40. The smallest absolute Gasteiger partial charge is 0.258 e.